The fourth-order valence-electron chi connectivity index (χ4n) is 0. The van der Waals surface area contributed by atoms with Crippen LogP contribution in [0.25, 0.3) is 0 Å². The Balaban J connectivity index is -0.0000000150. The third-order valence-electron chi connectivity index (χ3n) is 0. The molecule has 30 valence electrons. The van der Waals surface area contributed by atoms with Gasteiger partial charge in [-0.15, -0.1) is 0 Å². The quantitative estimate of drug-likeness (QED) is 0.382. The van der Waals surface area contributed by atoms with Crippen molar-refractivity contribution in [3.8, 4) is 0 Å². The summed E-state index contributed by atoms with van der Waals surface area (Å²) in [5, 5.41) is 0. The van der Waals surface area contributed by atoms with Crippen LogP contribution in [0.1, 0.15) is 2.85 Å². The van der Waals surface area contributed by atoms with E-state index in [-0.39, 0.29) is 40.6 Å². The van der Waals surface area contributed by atoms with Crippen LogP contribution in [0.15, 0.2) is 0 Å². The first-order valence-electron chi connectivity index (χ1n) is 0.475. The van der Waals surface area contributed by atoms with Crippen molar-refractivity contribution in [3.05, 3.63) is 0 Å². The Hall–Kier alpha value is 2.15. The predicted molar refractivity (Wildman–Crippen MR) is 27.8 cm³/mol. The maximum absolute atomic E-state index is 9.09. The van der Waals surface area contributed by atoms with Gasteiger partial charge in [0.25, 0.3) is 0 Å². The molecule has 0 bridgehead atoms. The minimum Gasteiger partial charge on any atom is -1.00 e. The smallest absolute Gasteiger partial charge is 1.00 e. The monoisotopic (exact) mass is 160 g/mol. The largest absolute Gasteiger partial charge is 2.00 e. The first-order chi connectivity index (χ1) is 1.73. The van der Waals surface area contributed by atoms with E-state index in [1.807, 2.05) is 0 Å². The summed E-state index contributed by atoms with van der Waals surface area (Å²) in [6.07, 6.45) is 0. The number of hydrogen-bond donors (Lipinski definition) is 0. The Morgan fingerprint density at radius 1 is 1.60 bits per heavy atom. The number of rotatable bonds is 0. The zero-order chi connectivity index (χ0) is 3.58. The molecule has 0 aromatic carbocycles. The van der Waals surface area contributed by atoms with E-state index in [1.54, 1.807) is 0 Å². The summed E-state index contributed by atoms with van der Waals surface area (Å²) in [6, 6.07) is 0. The Kier molecular flexibility index (Phi) is 12.5. The molecule has 0 heterocycles. The van der Waals surface area contributed by atoms with Gasteiger partial charge >= 0.3 is 37.7 Å². The minimum atomic E-state index is -1.67. The van der Waals surface area contributed by atoms with E-state index in [2.05, 4.69) is 21.4 Å². The molecule has 0 aromatic rings. The predicted octanol–water partition coefficient (Wildman–Crippen LogP) is 0.887. The van der Waals surface area contributed by atoms with Gasteiger partial charge < -0.3 is 7.41 Å². The van der Waals surface area contributed by atoms with E-state index < -0.39 is 9.60 Å². The van der Waals surface area contributed by atoms with Crippen molar-refractivity contribution in [1.82, 2.24) is 0 Å². The Bertz CT molecular complexity index is 20.4. The zero-order valence-corrected chi connectivity index (χ0v) is 6.82. The molecule has 0 spiro atoms. The van der Waals surface area contributed by atoms with Gasteiger partial charge in [-0.2, -0.15) is 0 Å². The summed E-state index contributed by atoms with van der Waals surface area (Å²) < 4.78 is 9.09. The third-order valence-corrected chi connectivity index (χ3v) is 0. The normalized spacial score (nSPS) is 7.20. The van der Waals surface area contributed by atoms with Gasteiger partial charge in [-0.3, -0.25) is 0 Å². The van der Waals surface area contributed by atoms with Crippen LogP contribution in [0.4, 0.5) is 0 Å². The summed E-state index contributed by atoms with van der Waals surface area (Å²) in [5.74, 6) is 0. The van der Waals surface area contributed by atoms with E-state index in [9.17, 15) is 0 Å². The van der Waals surface area contributed by atoms with Crippen molar-refractivity contribution in [3.63, 3.8) is 0 Å². The van der Waals surface area contributed by atoms with Gasteiger partial charge in [-0.05, 0) is 0 Å². The van der Waals surface area contributed by atoms with E-state index in [4.69, 9.17) is 4.55 Å². The molecule has 5 heavy (non-hydrogen) atoms. The molecule has 5 heteroatoms. The Morgan fingerprint density at radius 2 is 1.60 bits per heavy atom. The molecule has 0 saturated carbocycles. The molecule has 0 unspecified atom stereocenters. The molecule has 1 nitrogen and oxygen atoms in total. The average Bonchev–Trinajstić information content (AvgIpc) is 0.811. The van der Waals surface area contributed by atoms with Crippen LogP contribution in [-0.4, -0.2) is 42.3 Å². The van der Waals surface area contributed by atoms with Crippen LogP contribution in [0, 0.1) is 0 Å². The summed E-state index contributed by atoms with van der Waals surface area (Å²) in [6.45, 7) is 0. The SMILES string of the molecule is [Ca+2].[H-].[H-].[O-][S+](Cl)Cl. The van der Waals surface area contributed by atoms with E-state index in [0.717, 1.165) is 0 Å². The van der Waals surface area contributed by atoms with Crippen LogP contribution in [-0.2, 0) is 9.60 Å². The van der Waals surface area contributed by atoms with Gasteiger partial charge in [0, 0.05) is 0 Å². The zero-order valence-electron chi connectivity index (χ0n) is 4.28. The first kappa shape index (κ1) is 10.2. The van der Waals surface area contributed by atoms with Gasteiger partial charge in [0.15, 0.2) is 31.0 Å². The molecule has 0 aliphatic carbocycles. The molecule has 0 atom stereocenters. The minimum absolute atomic E-state index is 0. The first-order valence-corrected chi connectivity index (χ1v) is 3.28. The van der Waals surface area contributed by atoms with Crippen molar-refractivity contribution in [2.24, 2.45) is 0 Å². The van der Waals surface area contributed by atoms with Crippen LogP contribution < -0.4 is 0 Å². The Labute approximate surface area is 75.2 Å². The molecule has 0 N–H and O–H groups in total. The molecule has 0 aliphatic rings. The van der Waals surface area contributed by atoms with Gasteiger partial charge in [-0.1, -0.05) is 0 Å². The van der Waals surface area contributed by atoms with Gasteiger partial charge in [-0.25, -0.2) is 0 Å². The molecule has 0 aromatic heterocycles. The summed E-state index contributed by atoms with van der Waals surface area (Å²) >= 11 is 0. The van der Waals surface area contributed by atoms with Crippen molar-refractivity contribution in [1.29, 1.82) is 0 Å². The molecular weight excluding hydrogens is 159 g/mol. The second kappa shape index (κ2) is 6.15. The van der Waals surface area contributed by atoms with Gasteiger partial charge in [0.05, 0.1) is 0 Å². The van der Waals surface area contributed by atoms with Crippen LogP contribution in [0.3, 0.4) is 0 Å². The topological polar surface area (TPSA) is 23.1 Å². The summed E-state index contributed by atoms with van der Waals surface area (Å²) in [5.41, 5.74) is 0. The standard InChI is InChI=1S/Ca.Cl2OS.2H/c;1-4(2)3;;/q+2;;2*-1. The third kappa shape index (κ3) is 22.9. The van der Waals surface area contributed by atoms with E-state index in [1.165, 1.54) is 0 Å². The second-order valence-corrected chi connectivity index (χ2v) is 2.71. The molecule has 0 radical (unpaired) electrons. The van der Waals surface area contributed by atoms with E-state index in [0.29, 0.717) is 0 Å². The molecular formula is H2CaCl2OS. The average molecular weight is 161 g/mol. The van der Waals surface area contributed by atoms with Crippen LogP contribution in [0.2, 0.25) is 0 Å². The molecule has 0 rings (SSSR count). The Morgan fingerprint density at radius 3 is 1.60 bits per heavy atom. The van der Waals surface area contributed by atoms with Crippen molar-refractivity contribution < 1.29 is 7.41 Å². The fraction of sp³-hybridized carbons (Fsp3) is 0. The molecule has 0 saturated heterocycles. The maximum Gasteiger partial charge on any atom is 2.00 e. The number of hydrogen-bond acceptors (Lipinski definition) is 1. The molecule has 0 amide bonds. The van der Waals surface area contributed by atoms with Gasteiger partial charge in [0.2, 0.25) is 0 Å². The summed E-state index contributed by atoms with van der Waals surface area (Å²) in [4.78, 5) is 0. The van der Waals surface area contributed by atoms with Crippen LogP contribution >= 0.6 is 21.4 Å². The van der Waals surface area contributed by atoms with Crippen LogP contribution in [0.5, 0.6) is 0 Å². The molecule has 0 fully saturated rings. The van der Waals surface area contributed by atoms with E-state index >= 15 is 0 Å². The second-order valence-electron chi connectivity index (χ2n) is 0.184. The number of halogens is 2. The van der Waals surface area contributed by atoms with Crippen molar-refractivity contribution in [2.45, 2.75) is 0 Å². The molecule has 0 aliphatic heterocycles. The van der Waals surface area contributed by atoms with Crippen molar-refractivity contribution >= 4 is 68.7 Å². The van der Waals surface area contributed by atoms with Gasteiger partial charge in [0.1, 0.15) is 0 Å². The fourth-order valence-corrected chi connectivity index (χ4v) is 0. The summed E-state index contributed by atoms with van der Waals surface area (Å²) in [7, 11) is 7.36. The maximum atomic E-state index is 9.09. The van der Waals surface area contributed by atoms with Crippen molar-refractivity contribution in [2.75, 3.05) is 0 Å².